The van der Waals surface area contributed by atoms with E-state index in [0.29, 0.717) is 36.8 Å². The Morgan fingerprint density at radius 3 is 1.97 bits per heavy atom. The maximum absolute atomic E-state index is 15.1. The molecule has 3 aromatic rings. The van der Waals surface area contributed by atoms with E-state index in [-0.39, 0.29) is 40.2 Å². The second-order valence-corrected chi connectivity index (χ2v) is 10.1. The van der Waals surface area contributed by atoms with Crippen LogP contribution in [0.15, 0.2) is 48.6 Å². The number of allylic oxidation sites excluding steroid dienone is 3. The predicted molar refractivity (Wildman–Crippen MR) is 145 cm³/mol. The van der Waals surface area contributed by atoms with Crippen molar-refractivity contribution >= 4 is 11.6 Å². The molecule has 0 amide bonds. The maximum Gasteiger partial charge on any atom is 0.167 e. The monoisotopic (exact) mass is 542 g/mol. The van der Waals surface area contributed by atoms with Gasteiger partial charge in [-0.3, -0.25) is 0 Å². The van der Waals surface area contributed by atoms with E-state index in [2.05, 4.69) is 6.92 Å². The first kappa shape index (κ1) is 28.7. The molecule has 0 radical (unpaired) electrons. The molecule has 0 N–H and O–H groups in total. The highest BCUT2D eigenvalue weighted by atomic mass is 19.2. The van der Waals surface area contributed by atoms with Crippen LogP contribution in [0.25, 0.3) is 22.8 Å². The summed E-state index contributed by atoms with van der Waals surface area (Å²) in [4.78, 5) is 0. The van der Waals surface area contributed by atoms with Crippen LogP contribution < -0.4 is 0 Å². The number of aryl methyl sites for hydroxylation is 2. The third kappa shape index (κ3) is 6.15. The molecule has 0 saturated carbocycles. The highest BCUT2D eigenvalue weighted by Gasteiger charge is 2.23. The highest BCUT2D eigenvalue weighted by molar-refractivity contribution is 5.72. The van der Waals surface area contributed by atoms with Gasteiger partial charge in [-0.25, -0.2) is 26.3 Å². The van der Waals surface area contributed by atoms with E-state index in [4.69, 9.17) is 0 Å². The van der Waals surface area contributed by atoms with Gasteiger partial charge in [0.1, 0.15) is 0 Å². The summed E-state index contributed by atoms with van der Waals surface area (Å²) in [6, 6.07) is 8.52. The van der Waals surface area contributed by atoms with Gasteiger partial charge in [0.15, 0.2) is 34.9 Å². The topological polar surface area (TPSA) is 0 Å². The number of halogens is 6. The van der Waals surface area contributed by atoms with Crippen LogP contribution in [0, 0.1) is 40.8 Å². The Morgan fingerprint density at radius 1 is 0.692 bits per heavy atom. The summed E-state index contributed by atoms with van der Waals surface area (Å²) in [6.45, 7) is 3.73. The van der Waals surface area contributed by atoms with Gasteiger partial charge in [-0.15, -0.1) is 0 Å². The van der Waals surface area contributed by atoms with Gasteiger partial charge in [-0.05, 0) is 61.1 Å². The summed E-state index contributed by atoms with van der Waals surface area (Å²) in [5.74, 6) is -6.22. The maximum atomic E-state index is 15.1. The van der Waals surface area contributed by atoms with Crippen LogP contribution >= 0.6 is 0 Å². The van der Waals surface area contributed by atoms with Crippen molar-refractivity contribution in [2.45, 2.75) is 65.2 Å². The van der Waals surface area contributed by atoms with E-state index < -0.39 is 34.9 Å². The molecule has 1 aliphatic rings. The second kappa shape index (κ2) is 12.7. The summed E-state index contributed by atoms with van der Waals surface area (Å²) in [7, 11) is 0. The zero-order valence-electron chi connectivity index (χ0n) is 22.2. The summed E-state index contributed by atoms with van der Waals surface area (Å²) in [5.41, 5.74) is 0.763. The van der Waals surface area contributed by atoms with Crippen molar-refractivity contribution in [1.82, 2.24) is 0 Å². The Hall–Kier alpha value is -3.28. The van der Waals surface area contributed by atoms with E-state index in [1.165, 1.54) is 24.3 Å². The van der Waals surface area contributed by atoms with Crippen LogP contribution in [0.3, 0.4) is 0 Å². The second-order valence-electron chi connectivity index (χ2n) is 10.1. The number of rotatable bonds is 9. The SMILES string of the molecule is CCCCCc1ccc(C=CC2CC=C(c3ccc(-c4ccc(CC)c(F)c4F)c(F)c3F)CC2)c(F)c1F. The summed E-state index contributed by atoms with van der Waals surface area (Å²) < 4.78 is 87.9. The minimum Gasteiger partial charge on any atom is -0.203 e. The lowest BCUT2D eigenvalue weighted by Crippen LogP contribution is -2.06. The number of benzene rings is 3. The molecule has 6 heteroatoms. The Kier molecular flexibility index (Phi) is 9.36. The van der Waals surface area contributed by atoms with Crippen molar-refractivity contribution in [2.75, 3.05) is 0 Å². The lowest BCUT2D eigenvalue weighted by molar-refractivity contribution is 0.494. The zero-order chi connectivity index (χ0) is 28.1. The third-order valence-corrected chi connectivity index (χ3v) is 7.50. The van der Waals surface area contributed by atoms with Crippen molar-refractivity contribution < 1.29 is 26.3 Å². The fraction of sp³-hybridized carbons (Fsp3) is 0.333. The van der Waals surface area contributed by atoms with Crippen molar-refractivity contribution in [3.05, 3.63) is 106 Å². The smallest absolute Gasteiger partial charge is 0.167 e. The first-order chi connectivity index (χ1) is 18.8. The van der Waals surface area contributed by atoms with Crippen LogP contribution in [0.5, 0.6) is 0 Å². The van der Waals surface area contributed by atoms with E-state index in [1.807, 2.05) is 6.08 Å². The summed E-state index contributed by atoms with van der Waals surface area (Å²) in [6.07, 6.45) is 10.3. The molecule has 0 bridgehead atoms. The van der Waals surface area contributed by atoms with Gasteiger partial charge < -0.3 is 0 Å². The molecule has 1 aliphatic carbocycles. The van der Waals surface area contributed by atoms with Gasteiger partial charge in [-0.2, -0.15) is 0 Å². The molecule has 206 valence electrons. The molecule has 3 aromatic carbocycles. The molecule has 0 spiro atoms. The molecule has 4 rings (SSSR count). The molecule has 0 nitrogen and oxygen atoms in total. The lowest BCUT2D eigenvalue weighted by atomic mass is 9.85. The quantitative estimate of drug-likeness (QED) is 0.186. The molecule has 1 atom stereocenters. The van der Waals surface area contributed by atoms with Crippen molar-refractivity contribution in [3.8, 4) is 11.1 Å². The average Bonchev–Trinajstić information content (AvgIpc) is 2.94. The average molecular weight is 543 g/mol. The fourth-order valence-electron chi connectivity index (χ4n) is 5.08. The molecule has 39 heavy (non-hydrogen) atoms. The lowest BCUT2D eigenvalue weighted by Gasteiger charge is -2.20. The van der Waals surface area contributed by atoms with Gasteiger partial charge in [0.2, 0.25) is 0 Å². The van der Waals surface area contributed by atoms with Crippen LogP contribution in [0.2, 0.25) is 0 Å². The van der Waals surface area contributed by atoms with Gasteiger partial charge in [0.05, 0.1) is 0 Å². The predicted octanol–water partition coefficient (Wildman–Crippen LogP) is 10.4. The van der Waals surface area contributed by atoms with Gasteiger partial charge in [0, 0.05) is 22.3 Å². The first-order valence-electron chi connectivity index (χ1n) is 13.6. The molecule has 1 unspecified atom stereocenters. The van der Waals surface area contributed by atoms with E-state index in [1.54, 1.807) is 31.2 Å². The number of hydrogen-bond donors (Lipinski definition) is 0. The standard InChI is InChI=1S/C33H32F6/c1-3-5-6-7-23-14-15-24(30(36)29(23)35)13-10-20-8-11-22(12-9-20)25-18-19-27(33(39)31(25)37)26-17-16-21(4-2)28(34)32(26)38/h10-11,13-20H,3-9,12H2,1-2H3. The van der Waals surface area contributed by atoms with Crippen LogP contribution in [-0.4, -0.2) is 0 Å². The zero-order valence-corrected chi connectivity index (χ0v) is 22.2. The summed E-state index contributed by atoms with van der Waals surface area (Å²) >= 11 is 0. The summed E-state index contributed by atoms with van der Waals surface area (Å²) in [5, 5.41) is 0. The first-order valence-corrected chi connectivity index (χ1v) is 13.6. The molecule has 0 saturated heterocycles. The minimum atomic E-state index is -1.23. The number of hydrogen-bond acceptors (Lipinski definition) is 0. The van der Waals surface area contributed by atoms with E-state index in [9.17, 15) is 22.0 Å². The van der Waals surface area contributed by atoms with Gasteiger partial charge >= 0.3 is 0 Å². The molecular weight excluding hydrogens is 510 g/mol. The molecule has 0 fully saturated rings. The van der Waals surface area contributed by atoms with E-state index >= 15 is 4.39 Å². The third-order valence-electron chi connectivity index (χ3n) is 7.50. The van der Waals surface area contributed by atoms with E-state index in [0.717, 1.165) is 19.3 Å². The molecule has 0 aromatic heterocycles. The van der Waals surface area contributed by atoms with Crippen molar-refractivity contribution in [3.63, 3.8) is 0 Å². The Balaban J connectivity index is 1.48. The Bertz CT molecular complexity index is 1400. The van der Waals surface area contributed by atoms with Gasteiger partial charge in [-0.1, -0.05) is 81.3 Å². The minimum absolute atomic E-state index is 0.0294. The number of unbranched alkanes of at least 4 members (excludes halogenated alkanes) is 2. The highest BCUT2D eigenvalue weighted by Crippen LogP contribution is 2.37. The van der Waals surface area contributed by atoms with Gasteiger partial charge in [0.25, 0.3) is 0 Å². The molecule has 0 heterocycles. The fourth-order valence-corrected chi connectivity index (χ4v) is 5.08. The molecule has 0 aliphatic heterocycles. The van der Waals surface area contributed by atoms with Crippen LogP contribution in [0.1, 0.15) is 74.6 Å². The van der Waals surface area contributed by atoms with Crippen LogP contribution in [-0.2, 0) is 12.8 Å². The van der Waals surface area contributed by atoms with Crippen molar-refractivity contribution in [2.24, 2.45) is 5.92 Å². The normalized spacial score (nSPS) is 15.7. The van der Waals surface area contributed by atoms with Crippen LogP contribution in [0.4, 0.5) is 26.3 Å². The Morgan fingerprint density at radius 2 is 1.31 bits per heavy atom. The van der Waals surface area contributed by atoms with Crippen molar-refractivity contribution in [1.29, 1.82) is 0 Å². The molecular formula is C33H32F6. The largest absolute Gasteiger partial charge is 0.203 e. The Labute approximate surface area is 226 Å².